The van der Waals surface area contributed by atoms with Gasteiger partial charge in [-0.05, 0) is 35.9 Å². The van der Waals surface area contributed by atoms with Crippen molar-refractivity contribution in [3.63, 3.8) is 0 Å². The van der Waals surface area contributed by atoms with Crippen LogP contribution in [0.2, 0.25) is 10.0 Å². The molecule has 1 N–H and O–H groups in total. The summed E-state index contributed by atoms with van der Waals surface area (Å²) in [5, 5.41) is 4.23. The molecule has 6 heteroatoms. The summed E-state index contributed by atoms with van der Waals surface area (Å²) < 4.78 is 5.34. The van der Waals surface area contributed by atoms with Crippen LogP contribution in [0.25, 0.3) is 0 Å². The zero-order valence-electron chi connectivity index (χ0n) is 14.5. The van der Waals surface area contributed by atoms with Gasteiger partial charge >= 0.3 is 5.97 Å². The number of pyridine rings is 1. The summed E-state index contributed by atoms with van der Waals surface area (Å²) in [6.45, 7) is 0.293. The van der Waals surface area contributed by atoms with Crippen molar-refractivity contribution in [1.29, 1.82) is 0 Å². The van der Waals surface area contributed by atoms with E-state index in [9.17, 15) is 4.79 Å². The highest BCUT2D eigenvalue weighted by molar-refractivity contribution is 6.39. The highest BCUT2D eigenvalue weighted by Gasteiger charge is 2.12. The van der Waals surface area contributed by atoms with E-state index in [1.807, 2.05) is 42.5 Å². The van der Waals surface area contributed by atoms with Crippen LogP contribution in [0.1, 0.15) is 11.3 Å². The van der Waals surface area contributed by atoms with Crippen LogP contribution in [0, 0.1) is 0 Å². The molecule has 27 heavy (non-hydrogen) atoms. The maximum atomic E-state index is 12.2. The Morgan fingerprint density at radius 1 is 0.963 bits per heavy atom. The molecule has 0 atom stereocenters. The summed E-state index contributed by atoms with van der Waals surface area (Å²) in [7, 11) is 0. The lowest BCUT2D eigenvalue weighted by atomic mass is 10.1. The van der Waals surface area contributed by atoms with Crippen molar-refractivity contribution in [2.45, 2.75) is 12.8 Å². The first-order chi connectivity index (χ1) is 13.1. The number of hydrogen-bond acceptors (Lipinski definition) is 4. The quantitative estimate of drug-likeness (QED) is 0.534. The lowest BCUT2D eigenvalue weighted by Crippen LogP contribution is -2.12. The van der Waals surface area contributed by atoms with E-state index < -0.39 is 0 Å². The van der Waals surface area contributed by atoms with Gasteiger partial charge in [0.05, 0.1) is 28.8 Å². The average molecular weight is 401 g/mol. The van der Waals surface area contributed by atoms with Crippen LogP contribution in [0.5, 0.6) is 0 Å². The lowest BCUT2D eigenvalue weighted by Gasteiger charge is -2.14. The largest absolute Gasteiger partial charge is 0.465 e. The molecule has 4 nitrogen and oxygen atoms in total. The molecule has 3 aromatic rings. The second-order valence-electron chi connectivity index (χ2n) is 5.85. The first-order valence-electron chi connectivity index (χ1n) is 8.48. The molecule has 0 radical (unpaired) electrons. The number of nitrogens with one attached hydrogen (secondary N) is 1. The SMILES string of the molecule is O=C(Cc1ccccc1Nc1c(Cl)cccc1Cl)OCCc1ccccn1. The Labute approximate surface area is 168 Å². The number of halogens is 2. The third kappa shape index (κ3) is 5.46. The fraction of sp³-hybridized carbons (Fsp3) is 0.143. The van der Waals surface area contributed by atoms with E-state index in [0.717, 1.165) is 16.9 Å². The molecule has 0 saturated heterocycles. The van der Waals surface area contributed by atoms with E-state index in [1.54, 1.807) is 24.4 Å². The molecule has 0 unspecified atom stereocenters. The average Bonchev–Trinajstić information content (AvgIpc) is 2.67. The number of nitrogens with zero attached hydrogens (tertiary/aromatic N) is 1. The number of carbonyl (C=O) groups is 1. The first-order valence-corrected chi connectivity index (χ1v) is 9.23. The first kappa shape index (κ1) is 19.2. The number of hydrogen-bond donors (Lipinski definition) is 1. The predicted molar refractivity (Wildman–Crippen MR) is 109 cm³/mol. The Balaban J connectivity index is 1.63. The second-order valence-corrected chi connectivity index (χ2v) is 6.66. The lowest BCUT2D eigenvalue weighted by molar-refractivity contribution is -0.142. The van der Waals surface area contributed by atoms with Gasteiger partial charge < -0.3 is 10.1 Å². The molecule has 0 fully saturated rings. The smallest absolute Gasteiger partial charge is 0.310 e. The summed E-state index contributed by atoms with van der Waals surface area (Å²) in [5.74, 6) is -0.301. The normalized spacial score (nSPS) is 10.4. The third-order valence-corrected chi connectivity index (χ3v) is 4.55. The van der Waals surface area contributed by atoms with Gasteiger partial charge in [-0.1, -0.05) is 53.5 Å². The molecular weight excluding hydrogens is 383 g/mol. The summed E-state index contributed by atoms with van der Waals surface area (Å²) >= 11 is 12.4. The van der Waals surface area contributed by atoms with Crippen molar-refractivity contribution in [3.8, 4) is 0 Å². The van der Waals surface area contributed by atoms with Crippen molar-refractivity contribution in [1.82, 2.24) is 4.98 Å². The van der Waals surface area contributed by atoms with E-state index in [0.29, 0.717) is 28.8 Å². The molecule has 1 heterocycles. The number of carbonyl (C=O) groups excluding carboxylic acids is 1. The third-order valence-electron chi connectivity index (χ3n) is 3.92. The molecular formula is C21H18Cl2N2O2. The monoisotopic (exact) mass is 400 g/mol. The van der Waals surface area contributed by atoms with Gasteiger partial charge in [0.1, 0.15) is 0 Å². The Hall–Kier alpha value is -2.56. The number of esters is 1. The van der Waals surface area contributed by atoms with Gasteiger partial charge in [-0.3, -0.25) is 9.78 Å². The number of benzene rings is 2. The Bertz CT molecular complexity index is 897. The number of rotatable bonds is 7. The van der Waals surface area contributed by atoms with Crippen LogP contribution in [0.4, 0.5) is 11.4 Å². The summed E-state index contributed by atoms with van der Waals surface area (Å²) in [6, 6.07) is 18.4. The summed E-state index contributed by atoms with van der Waals surface area (Å²) in [4.78, 5) is 16.4. The van der Waals surface area contributed by atoms with Crippen LogP contribution < -0.4 is 5.32 Å². The fourth-order valence-electron chi connectivity index (χ4n) is 2.57. The number of aromatic nitrogens is 1. The zero-order valence-corrected chi connectivity index (χ0v) is 16.0. The molecule has 0 amide bonds. The van der Waals surface area contributed by atoms with E-state index in [4.69, 9.17) is 27.9 Å². The van der Waals surface area contributed by atoms with Crippen LogP contribution >= 0.6 is 23.2 Å². The minimum Gasteiger partial charge on any atom is -0.465 e. The van der Waals surface area contributed by atoms with E-state index in [1.165, 1.54) is 0 Å². The minimum absolute atomic E-state index is 0.146. The molecule has 0 aliphatic rings. The Kier molecular flexibility index (Phi) is 6.69. The number of anilines is 2. The summed E-state index contributed by atoms with van der Waals surface area (Å²) in [6.07, 6.45) is 2.45. The highest BCUT2D eigenvalue weighted by Crippen LogP contribution is 2.33. The maximum absolute atomic E-state index is 12.2. The van der Waals surface area contributed by atoms with Crippen molar-refractivity contribution < 1.29 is 9.53 Å². The van der Waals surface area contributed by atoms with Gasteiger partial charge in [0.25, 0.3) is 0 Å². The molecule has 2 aromatic carbocycles. The van der Waals surface area contributed by atoms with Gasteiger partial charge in [-0.15, -0.1) is 0 Å². The van der Waals surface area contributed by atoms with Gasteiger partial charge in [-0.2, -0.15) is 0 Å². The highest BCUT2D eigenvalue weighted by atomic mass is 35.5. The van der Waals surface area contributed by atoms with Crippen LogP contribution in [0.15, 0.2) is 66.9 Å². The zero-order chi connectivity index (χ0) is 19.1. The predicted octanol–water partition coefficient (Wildman–Crippen LogP) is 5.46. The Morgan fingerprint density at radius 2 is 1.70 bits per heavy atom. The molecule has 1 aromatic heterocycles. The van der Waals surface area contributed by atoms with Crippen LogP contribution in [-0.2, 0) is 22.4 Å². The van der Waals surface area contributed by atoms with Crippen molar-refractivity contribution in [3.05, 3.63) is 88.2 Å². The fourth-order valence-corrected chi connectivity index (χ4v) is 3.06. The molecule has 3 rings (SSSR count). The molecule has 0 spiro atoms. The van der Waals surface area contributed by atoms with Gasteiger partial charge in [0, 0.05) is 24.0 Å². The summed E-state index contributed by atoms with van der Waals surface area (Å²) in [5.41, 5.74) is 3.06. The van der Waals surface area contributed by atoms with E-state index in [-0.39, 0.29) is 12.4 Å². The second kappa shape index (κ2) is 9.40. The van der Waals surface area contributed by atoms with Crippen molar-refractivity contribution >= 4 is 40.5 Å². The minimum atomic E-state index is -0.301. The van der Waals surface area contributed by atoms with E-state index in [2.05, 4.69) is 10.3 Å². The van der Waals surface area contributed by atoms with Gasteiger partial charge in [0.15, 0.2) is 0 Å². The maximum Gasteiger partial charge on any atom is 0.310 e. The standard InChI is InChI=1S/C21H18Cl2N2O2/c22-17-8-5-9-18(23)21(17)25-19-10-2-1-6-15(19)14-20(26)27-13-11-16-7-3-4-12-24-16/h1-10,12,25H,11,13-14H2. The van der Waals surface area contributed by atoms with Gasteiger partial charge in [0.2, 0.25) is 0 Å². The molecule has 0 aliphatic carbocycles. The van der Waals surface area contributed by atoms with Gasteiger partial charge in [-0.25, -0.2) is 0 Å². The van der Waals surface area contributed by atoms with Crippen LogP contribution in [0.3, 0.4) is 0 Å². The molecule has 138 valence electrons. The van der Waals surface area contributed by atoms with E-state index >= 15 is 0 Å². The van der Waals surface area contributed by atoms with Crippen molar-refractivity contribution in [2.24, 2.45) is 0 Å². The molecule has 0 bridgehead atoms. The Morgan fingerprint density at radius 3 is 2.44 bits per heavy atom. The topological polar surface area (TPSA) is 51.2 Å². The van der Waals surface area contributed by atoms with Crippen LogP contribution in [-0.4, -0.2) is 17.6 Å². The number of ether oxygens (including phenoxy) is 1. The number of para-hydroxylation sites is 2. The molecule has 0 aliphatic heterocycles. The molecule has 0 saturated carbocycles. The van der Waals surface area contributed by atoms with Crippen molar-refractivity contribution in [2.75, 3.05) is 11.9 Å².